The van der Waals surface area contributed by atoms with Gasteiger partial charge in [-0.1, -0.05) is 19.1 Å². The van der Waals surface area contributed by atoms with Gasteiger partial charge in [-0.2, -0.15) is 0 Å². The molecule has 2 heterocycles. The lowest BCUT2D eigenvalue weighted by molar-refractivity contribution is 0.0307. The maximum atomic E-state index is 10.6. The largest absolute Gasteiger partial charge is 0.392 e. The minimum atomic E-state index is -0.375. The lowest BCUT2D eigenvalue weighted by Gasteiger charge is -2.22. The third-order valence-corrected chi connectivity index (χ3v) is 4.60. The molecule has 114 valence electrons. The number of rotatable bonds is 5. The lowest BCUT2D eigenvalue weighted by Crippen LogP contribution is -2.30. The number of aryl methyl sites for hydroxylation is 1. The molecule has 3 rings (SSSR count). The van der Waals surface area contributed by atoms with Crippen LogP contribution < -0.4 is 0 Å². The molecule has 0 radical (unpaired) electrons. The fourth-order valence-corrected chi connectivity index (χ4v) is 3.50. The molecule has 0 saturated carbocycles. The minimum absolute atomic E-state index is 0.194. The first-order valence-corrected chi connectivity index (χ1v) is 7.98. The van der Waals surface area contributed by atoms with E-state index in [1.54, 1.807) is 0 Å². The molecule has 3 atom stereocenters. The van der Waals surface area contributed by atoms with Crippen molar-refractivity contribution in [1.29, 1.82) is 0 Å². The van der Waals surface area contributed by atoms with E-state index < -0.39 is 0 Å². The maximum Gasteiger partial charge on any atom is 0.112 e. The predicted octanol–water partition coefficient (Wildman–Crippen LogP) is 2.77. The molecule has 0 amide bonds. The van der Waals surface area contributed by atoms with E-state index in [4.69, 9.17) is 9.72 Å². The van der Waals surface area contributed by atoms with Crippen molar-refractivity contribution < 1.29 is 9.84 Å². The Morgan fingerprint density at radius 2 is 2.19 bits per heavy atom. The Balaban J connectivity index is 1.84. The van der Waals surface area contributed by atoms with Crippen LogP contribution in [0.15, 0.2) is 24.3 Å². The van der Waals surface area contributed by atoms with Gasteiger partial charge in [0.05, 0.1) is 23.2 Å². The van der Waals surface area contributed by atoms with E-state index in [1.807, 2.05) is 18.2 Å². The third kappa shape index (κ3) is 2.70. The van der Waals surface area contributed by atoms with Crippen LogP contribution in [0.5, 0.6) is 0 Å². The topological polar surface area (TPSA) is 47.3 Å². The van der Waals surface area contributed by atoms with Crippen LogP contribution in [0.2, 0.25) is 0 Å². The van der Waals surface area contributed by atoms with Crippen molar-refractivity contribution in [1.82, 2.24) is 9.55 Å². The van der Waals surface area contributed by atoms with Crippen molar-refractivity contribution in [3.8, 4) is 0 Å². The van der Waals surface area contributed by atoms with Gasteiger partial charge in [-0.15, -0.1) is 0 Å². The molecule has 4 nitrogen and oxygen atoms in total. The van der Waals surface area contributed by atoms with Gasteiger partial charge in [0.25, 0.3) is 0 Å². The van der Waals surface area contributed by atoms with Crippen molar-refractivity contribution >= 4 is 11.0 Å². The van der Waals surface area contributed by atoms with E-state index in [0.29, 0.717) is 6.42 Å². The summed E-state index contributed by atoms with van der Waals surface area (Å²) in [5, 5.41) is 10.6. The molecular weight excluding hydrogens is 264 g/mol. The van der Waals surface area contributed by atoms with Crippen LogP contribution in [0, 0.1) is 5.92 Å². The van der Waals surface area contributed by atoms with Gasteiger partial charge in [0.15, 0.2) is 0 Å². The van der Waals surface area contributed by atoms with Gasteiger partial charge in [0.1, 0.15) is 5.82 Å². The molecule has 0 bridgehead atoms. The van der Waals surface area contributed by atoms with Crippen molar-refractivity contribution in [3.05, 3.63) is 30.1 Å². The fourth-order valence-electron chi connectivity index (χ4n) is 3.50. The monoisotopic (exact) mass is 288 g/mol. The zero-order valence-corrected chi connectivity index (χ0v) is 12.8. The molecule has 1 saturated heterocycles. The SMILES string of the molecule is CCC1OCCC1C(O)Cc1nc2ccccc2n1CC. The van der Waals surface area contributed by atoms with E-state index in [9.17, 15) is 5.11 Å². The first-order chi connectivity index (χ1) is 10.2. The number of nitrogens with zero attached hydrogens (tertiary/aromatic N) is 2. The zero-order valence-electron chi connectivity index (χ0n) is 12.8. The van der Waals surface area contributed by atoms with Crippen LogP contribution in [-0.4, -0.2) is 33.5 Å². The number of hydrogen-bond donors (Lipinski definition) is 1. The Morgan fingerprint density at radius 1 is 1.38 bits per heavy atom. The van der Waals surface area contributed by atoms with Crippen molar-refractivity contribution in [2.75, 3.05) is 6.61 Å². The first-order valence-electron chi connectivity index (χ1n) is 7.98. The van der Waals surface area contributed by atoms with Crippen molar-refractivity contribution in [3.63, 3.8) is 0 Å². The van der Waals surface area contributed by atoms with E-state index in [2.05, 4.69) is 24.5 Å². The van der Waals surface area contributed by atoms with Gasteiger partial charge in [-0.05, 0) is 31.9 Å². The number of hydrogen-bond acceptors (Lipinski definition) is 3. The summed E-state index contributed by atoms with van der Waals surface area (Å²) in [6.07, 6.45) is 2.34. The summed E-state index contributed by atoms with van der Waals surface area (Å²) in [6, 6.07) is 8.17. The first kappa shape index (κ1) is 14.5. The summed E-state index contributed by atoms with van der Waals surface area (Å²) < 4.78 is 7.91. The summed E-state index contributed by atoms with van der Waals surface area (Å²) in [7, 11) is 0. The second-order valence-corrected chi connectivity index (χ2v) is 5.80. The number of benzene rings is 1. The van der Waals surface area contributed by atoms with E-state index in [-0.39, 0.29) is 18.1 Å². The zero-order chi connectivity index (χ0) is 14.8. The van der Waals surface area contributed by atoms with Gasteiger partial charge >= 0.3 is 0 Å². The van der Waals surface area contributed by atoms with Gasteiger partial charge in [-0.3, -0.25) is 0 Å². The third-order valence-electron chi connectivity index (χ3n) is 4.60. The number of ether oxygens (including phenoxy) is 1. The Bertz CT molecular complexity index is 608. The quantitative estimate of drug-likeness (QED) is 0.920. The molecule has 0 aliphatic carbocycles. The number of fused-ring (bicyclic) bond motifs is 1. The smallest absolute Gasteiger partial charge is 0.112 e. The highest BCUT2D eigenvalue weighted by Crippen LogP contribution is 2.28. The predicted molar refractivity (Wildman–Crippen MR) is 83.3 cm³/mol. The van der Waals surface area contributed by atoms with Crippen LogP contribution in [0.3, 0.4) is 0 Å². The molecule has 1 aromatic heterocycles. The second kappa shape index (κ2) is 6.16. The molecule has 1 aliphatic heterocycles. The Labute approximate surface area is 125 Å². The highest BCUT2D eigenvalue weighted by molar-refractivity contribution is 5.75. The molecule has 1 aliphatic rings. The number of aromatic nitrogens is 2. The molecule has 21 heavy (non-hydrogen) atoms. The van der Waals surface area contributed by atoms with Gasteiger partial charge in [0.2, 0.25) is 0 Å². The van der Waals surface area contributed by atoms with Gasteiger partial charge < -0.3 is 14.4 Å². The van der Waals surface area contributed by atoms with Crippen molar-refractivity contribution in [2.24, 2.45) is 5.92 Å². The minimum Gasteiger partial charge on any atom is -0.392 e. The summed E-state index contributed by atoms with van der Waals surface area (Å²) in [5.74, 6) is 1.22. The Morgan fingerprint density at radius 3 is 2.95 bits per heavy atom. The fraction of sp³-hybridized carbons (Fsp3) is 0.588. The summed E-state index contributed by atoms with van der Waals surface area (Å²) in [4.78, 5) is 4.71. The molecule has 4 heteroatoms. The highest BCUT2D eigenvalue weighted by Gasteiger charge is 2.33. The normalized spacial score (nSPS) is 23.8. The Kier molecular flexibility index (Phi) is 4.27. The standard InChI is InChI=1S/C17H24N2O2/c1-3-16-12(9-10-21-16)15(20)11-17-18-13-7-5-6-8-14(13)19(17)4-2/h5-8,12,15-16,20H,3-4,9-11H2,1-2H3. The van der Waals surface area contributed by atoms with Crippen LogP contribution in [0.25, 0.3) is 11.0 Å². The molecule has 1 aromatic carbocycles. The van der Waals surface area contributed by atoms with Crippen LogP contribution in [-0.2, 0) is 17.7 Å². The van der Waals surface area contributed by atoms with Gasteiger partial charge in [-0.25, -0.2) is 4.98 Å². The second-order valence-electron chi connectivity index (χ2n) is 5.80. The lowest BCUT2D eigenvalue weighted by atomic mass is 9.91. The van der Waals surface area contributed by atoms with Crippen LogP contribution >= 0.6 is 0 Å². The average molecular weight is 288 g/mol. The molecule has 2 aromatic rings. The van der Waals surface area contributed by atoms with Crippen LogP contribution in [0.4, 0.5) is 0 Å². The van der Waals surface area contributed by atoms with Crippen molar-refractivity contribution in [2.45, 2.75) is 51.9 Å². The summed E-state index contributed by atoms with van der Waals surface area (Å²) in [6.45, 7) is 5.89. The molecule has 1 N–H and O–H groups in total. The van der Waals surface area contributed by atoms with Crippen LogP contribution in [0.1, 0.15) is 32.5 Å². The summed E-state index contributed by atoms with van der Waals surface area (Å²) >= 11 is 0. The number of para-hydroxylation sites is 2. The molecule has 3 unspecified atom stereocenters. The molecular formula is C17H24N2O2. The molecule has 1 fully saturated rings. The molecule has 0 spiro atoms. The van der Waals surface area contributed by atoms with E-state index in [1.165, 1.54) is 0 Å². The average Bonchev–Trinajstić information content (AvgIpc) is 3.10. The maximum absolute atomic E-state index is 10.6. The Hall–Kier alpha value is -1.39. The number of aliphatic hydroxyl groups is 1. The van der Waals surface area contributed by atoms with E-state index >= 15 is 0 Å². The highest BCUT2D eigenvalue weighted by atomic mass is 16.5. The number of aliphatic hydroxyl groups excluding tert-OH is 1. The summed E-state index contributed by atoms with van der Waals surface area (Å²) in [5.41, 5.74) is 2.16. The number of imidazole rings is 1. The van der Waals surface area contributed by atoms with E-state index in [0.717, 1.165) is 42.9 Å². The van der Waals surface area contributed by atoms with Gasteiger partial charge in [0, 0.05) is 25.5 Å².